The van der Waals surface area contributed by atoms with Crippen LogP contribution in [-0.4, -0.2) is 43.5 Å². The van der Waals surface area contributed by atoms with Crippen molar-refractivity contribution in [2.24, 2.45) is 0 Å². The molecule has 0 heterocycles. The molecule has 0 aliphatic carbocycles. The van der Waals surface area contributed by atoms with Gasteiger partial charge in [-0.2, -0.15) is 5.26 Å². The molecule has 1 N–H and O–H groups in total. The molecule has 0 saturated heterocycles. The molecule has 5 nitrogen and oxygen atoms in total. The Kier molecular flexibility index (Phi) is 7.41. The predicted molar refractivity (Wildman–Crippen MR) is 91.0 cm³/mol. The third-order valence-corrected chi connectivity index (χ3v) is 3.47. The van der Waals surface area contributed by atoms with Crippen LogP contribution >= 0.6 is 0 Å². The van der Waals surface area contributed by atoms with Crippen molar-refractivity contribution < 1.29 is 4.79 Å². The van der Waals surface area contributed by atoms with Gasteiger partial charge in [-0.1, -0.05) is 0 Å². The molecule has 0 saturated carbocycles. The van der Waals surface area contributed by atoms with Crippen molar-refractivity contribution in [1.29, 1.82) is 5.26 Å². The second-order valence-electron chi connectivity index (χ2n) is 5.62. The lowest BCUT2D eigenvalue weighted by atomic mass is 10.2. The van der Waals surface area contributed by atoms with E-state index in [9.17, 15) is 4.79 Å². The van der Waals surface area contributed by atoms with Crippen LogP contribution in [0.5, 0.6) is 0 Å². The average Bonchev–Trinajstić information content (AvgIpc) is 2.47. The van der Waals surface area contributed by atoms with Gasteiger partial charge in [0.15, 0.2) is 0 Å². The smallest absolute Gasteiger partial charge is 0.238 e. The summed E-state index contributed by atoms with van der Waals surface area (Å²) in [6, 6.07) is 10.4. The summed E-state index contributed by atoms with van der Waals surface area (Å²) in [4.78, 5) is 16.1. The molecule has 5 heteroatoms. The zero-order valence-electron chi connectivity index (χ0n) is 14.0. The largest absolute Gasteiger partial charge is 0.369 e. The average molecular weight is 302 g/mol. The lowest BCUT2D eigenvalue weighted by Gasteiger charge is -2.27. The maximum absolute atomic E-state index is 11.9. The first-order chi connectivity index (χ1) is 10.5. The number of benzene rings is 1. The minimum atomic E-state index is -0.0654. The SMILES string of the molecule is CCN(c1ccc(NC(=O)CN(C)CCC#N)cc1)C(C)C. The third-order valence-electron chi connectivity index (χ3n) is 3.47. The molecule has 0 unspecified atom stereocenters. The number of carbonyl (C=O) groups is 1. The van der Waals surface area contributed by atoms with Crippen molar-refractivity contribution in [3.05, 3.63) is 24.3 Å². The van der Waals surface area contributed by atoms with Crippen LogP contribution in [0.15, 0.2) is 24.3 Å². The second kappa shape index (κ2) is 9.06. The van der Waals surface area contributed by atoms with Gasteiger partial charge in [-0.3, -0.25) is 9.69 Å². The van der Waals surface area contributed by atoms with Crippen molar-refractivity contribution in [3.63, 3.8) is 0 Å². The molecule has 1 aromatic rings. The standard InChI is InChI=1S/C17H26N4O/c1-5-21(14(2)3)16-9-7-15(8-10-16)19-17(22)13-20(4)12-6-11-18/h7-10,14H,5-6,12-13H2,1-4H3,(H,19,22). The lowest BCUT2D eigenvalue weighted by Crippen LogP contribution is -2.31. The first kappa shape index (κ1) is 18.0. The number of rotatable bonds is 8. The van der Waals surface area contributed by atoms with Crippen molar-refractivity contribution in [3.8, 4) is 6.07 Å². The normalized spacial score (nSPS) is 10.6. The zero-order chi connectivity index (χ0) is 16.5. The van der Waals surface area contributed by atoms with Gasteiger partial charge in [-0.05, 0) is 52.1 Å². The quantitative estimate of drug-likeness (QED) is 0.802. The Morgan fingerprint density at radius 2 is 1.95 bits per heavy atom. The number of likely N-dealkylation sites (N-methyl/N-ethyl adjacent to an activating group) is 1. The van der Waals surface area contributed by atoms with Crippen LogP contribution in [0.1, 0.15) is 27.2 Å². The molecule has 0 aromatic heterocycles. The summed E-state index contributed by atoms with van der Waals surface area (Å²) < 4.78 is 0. The number of nitrogens with zero attached hydrogens (tertiary/aromatic N) is 3. The van der Waals surface area contributed by atoms with Gasteiger partial charge in [0.25, 0.3) is 0 Å². The van der Waals surface area contributed by atoms with Gasteiger partial charge < -0.3 is 10.2 Å². The molecule has 0 aliphatic rings. The van der Waals surface area contributed by atoms with Gasteiger partial charge in [0.1, 0.15) is 0 Å². The lowest BCUT2D eigenvalue weighted by molar-refractivity contribution is -0.117. The van der Waals surface area contributed by atoms with Crippen LogP contribution in [0.2, 0.25) is 0 Å². The molecule has 120 valence electrons. The molecule has 22 heavy (non-hydrogen) atoms. The maximum Gasteiger partial charge on any atom is 0.238 e. The molecule has 0 bridgehead atoms. The van der Waals surface area contributed by atoms with E-state index in [-0.39, 0.29) is 12.5 Å². The van der Waals surface area contributed by atoms with Gasteiger partial charge >= 0.3 is 0 Å². The summed E-state index contributed by atoms with van der Waals surface area (Å²) in [6.07, 6.45) is 0.431. The van der Waals surface area contributed by atoms with Crippen LogP contribution in [0, 0.1) is 11.3 Å². The van der Waals surface area contributed by atoms with E-state index < -0.39 is 0 Å². The van der Waals surface area contributed by atoms with Crippen LogP contribution in [-0.2, 0) is 4.79 Å². The number of carbonyl (C=O) groups excluding carboxylic acids is 1. The Labute approximate surface area is 133 Å². The number of amides is 1. The Hall–Kier alpha value is -2.06. The summed E-state index contributed by atoms with van der Waals surface area (Å²) in [7, 11) is 1.84. The summed E-state index contributed by atoms with van der Waals surface area (Å²) in [6.45, 7) is 8.30. The molecule has 0 radical (unpaired) electrons. The topological polar surface area (TPSA) is 59.4 Å². The predicted octanol–water partition coefficient (Wildman–Crippen LogP) is 2.71. The highest BCUT2D eigenvalue weighted by molar-refractivity contribution is 5.92. The fourth-order valence-corrected chi connectivity index (χ4v) is 2.35. The van der Waals surface area contributed by atoms with Crippen LogP contribution in [0.3, 0.4) is 0 Å². The summed E-state index contributed by atoms with van der Waals surface area (Å²) in [5, 5.41) is 11.4. The third kappa shape index (κ3) is 5.74. The highest BCUT2D eigenvalue weighted by Crippen LogP contribution is 2.19. The van der Waals surface area contributed by atoms with Crippen molar-refractivity contribution in [2.45, 2.75) is 33.2 Å². The summed E-state index contributed by atoms with van der Waals surface area (Å²) in [5.74, 6) is -0.0654. The van der Waals surface area contributed by atoms with Gasteiger partial charge in [-0.25, -0.2) is 0 Å². The fraction of sp³-hybridized carbons (Fsp3) is 0.529. The molecular weight excluding hydrogens is 276 g/mol. The molecule has 0 fully saturated rings. The minimum Gasteiger partial charge on any atom is -0.369 e. The Balaban J connectivity index is 2.57. The number of nitrogens with one attached hydrogen (secondary N) is 1. The number of nitriles is 1. The zero-order valence-corrected chi connectivity index (χ0v) is 14.0. The van der Waals surface area contributed by atoms with Gasteiger partial charge in [0.2, 0.25) is 5.91 Å². The van der Waals surface area contributed by atoms with Crippen LogP contribution in [0.4, 0.5) is 11.4 Å². The van der Waals surface area contributed by atoms with Crippen LogP contribution in [0.25, 0.3) is 0 Å². The number of anilines is 2. The Bertz CT molecular complexity index is 504. The highest BCUT2D eigenvalue weighted by Gasteiger charge is 2.09. The monoisotopic (exact) mass is 302 g/mol. The molecule has 1 rings (SSSR count). The molecule has 1 amide bonds. The van der Waals surface area contributed by atoms with Gasteiger partial charge in [-0.15, -0.1) is 0 Å². The van der Waals surface area contributed by atoms with Crippen LogP contribution < -0.4 is 10.2 Å². The molecule has 0 spiro atoms. The number of hydrogen-bond acceptors (Lipinski definition) is 4. The molecule has 0 aliphatic heterocycles. The van der Waals surface area contributed by atoms with E-state index in [1.54, 1.807) is 0 Å². The summed E-state index contributed by atoms with van der Waals surface area (Å²) in [5.41, 5.74) is 1.95. The van der Waals surface area contributed by atoms with E-state index in [2.05, 4.69) is 37.1 Å². The fourth-order valence-electron chi connectivity index (χ4n) is 2.35. The van der Waals surface area contributed by atoms with E-state index in [4.69, 9.17) is 5.26 Å². The first-order valence-corrected chi connectivity index (χ1v) is 7.70. The van der Waals surface area contributed by atoms with Gasteiger partial charge in [0, 0.05) is 36.9 Å². The van der Waals surface area contributed by atoms with E-state index in [0.29, 0.717) is 19.0 Å². The first-order valence-electron chi connectivity index (χ1n) is 7.70. The number of hydrogen-bond donors (Lipinski definition) is 1. The van der Waals surface area contributed by atoms with E-state index in [1.165, 1.54) is 0 Å². The van der Waals surface area contributed by atoms with E-state index in [0.717, 1.165) is 17.9 Å². The van der Waals surface area contributed by atoms with Gasteiger partial charge in [0.05, 0.1) is 12.6 Å². The maximum atomic E-state index is 11.9. The van der Waals surface area contributed by atoms with Crippen molar-refractivity contribution >= 4 is 17.3 Å². The Morgan fingerprint density at radius 3 is 2.45 bits per heavy atom. The molecule has 0 atom stereocenters. The second-order valence-corrected chi connectivity index (χ2v) is 5.62. The molecular formula is C17H26N4O. The van der Waals surface area contributed by atoms with Crippen molar-refractivity contribution in [2.75, 3.05) is 36.9 Å². The van der Waals surface area contributed by atoms with E-state index in [1.807, 2.05) is 36.2 Å². The summed E-state index contributed by atoms with van der Waals surface area (Å²) >= 11 is 0. The highest BCUT2D eigenvalue weighted by atomic mass is 16.2. The Morgan fingerprint density at radius 1 is 1.32 bits per heavy atom. The minimum absolute atomic E-state index is 0.0654. The van der Waals surface area contributed by atoms with E-state index >= 15 is 0 Å². The van der Waals surface area contributed by atoms with Crippen molar-refractivity contribution in [1.82, 2.24) is 4.90 Å². The molecule has 1 aromatic carbocycles.